The Morgan fingerprint density at radius 3 is 2.30 bits per heavy atom. The number of aryl methyl sites for hydroxylation is 1. The van der Waals surface area contributed by atoms with Crippen molar-refractivity contribution in [3.8, 4) is 0 Å². The van der Waals surface area contributed by atoms with Crippen LogP contribution >= 0.6 is 0 Å². The molecule has 5 nitrogen and oxygen atoms in total. The van der Waals surface area contributed by atoms with Crippen LogP contribution in [-0.2, 0) is 0 Å². The van der Waals surface area contributed by atoms with Gasteiger partial charge in [0.25, 0.3) is 5.78 Å². The monoisotopic (exact) mass is 317 g/mol. The van der Waals surface area contributed by atoms with Crippen molar-refractivity contribution in [1.82, 2.24) is 19.6 Å². The molecule has 1 N–H and O–H groups in total. The van der Waals surface area contributed by atoms with Gasteiger partial charge in [0, 0.05) is 28.9 Å². The van der Waals surface area contributed by atoms with Crippen molar-refractivity contribution in [2.24, 2.45) is 0 Å². The summed E-state index contributed by atoms with van der Waals surface area (Å²) in [5, 5.41) is 7.39. The number of aromatic nitrogens is 4. The van der Waals surface area contributed by atoms with Gasteiger partial charge in [-0.05, 0) is 26.0 Å². The van der Waals surface area contributed by atoms with Gasteiger partial charge in [-0.1, -0.05) is 13.8 Å². The lowest BCUT2D eigenvalue weighted by molar-refractivity contribution is 0.569. The van der Waals surface area contributed by atoms with Crippen LogP contribution in [0.2, 0.25) is 0 Å². The molecule has 0 saturated carbocycles. The van der Waals surface area contributed by atoms with Crippen LogP contribution in [0.1, 0.15) is 36.8 Å². The van der Waals surface area contributed by atoms with Gasteiger partial charge in [-0.3, -0.25) is 0 Å². The first-order valence-electron chi connectivity index (χ1n) is 7.32. The summed E-state index contributed by atoms with van der Waals surface area (Å²) in [5.74, 6) is 0.609. The molecule has 2 aromatic heterocycles. The Labute approximate surface area is 132 Å². The van der Waals surface area contributed by atoms with Crippen molar-refractivity contribution in [2.45, 2.75) is 33.6 Å². The van der Waals surface area contributed by atoms with Crippen LogP contribution in [0.25, 0.3) is 5.78 Å². The summed E-state index contributed by atoms with van der Waals surface area (Å²) in [6.45, 7) is 7.19. The summed E-state index contributed by atoms with van der Waals surface area (Å²) in [4.78, 5) is 8.71. The molecule has 7 heteroatoms. The highest BCUT2D eigenvalue weighted by Gasteiger charge is 2.13. The predicted octanol–water partition coefficient (Wildman–Crippen LogP) is 3.89. The second kappa shape index (κ2) is 5.57. The van der Waals surface area contributed by atoms with Crippen LogP contribution in [0.3, 0.4) is 0 Å². The van der Waals surface area contributed by atoms with E-state index >= 15 is 0 Å². The van der Waals surface area contributed by atoms with E-state index in [0.717, 1.165) is 5.69 Å². The van der Waals surface area contributed by atoms with E-state index in [-0.39, 0.29) is 11.5 Å². The molecular weight excluding hydrogens is 300 g/mol. The fourth-order valence-electron chi connectivity index (χ4n) is 2.20. The van der Waals surface area contributed by atoms with E-state index in [1.807, 2.05) is 20.8 Å². The van der Waals surface area contributed by atoms with Crippen molar-refractivity contribution in [2.75, 3.05) is 5.32 Å². The maximum absolute atomic E-state index is 13.7. The minimum absolute atomic E-state index is 0.00513. The average molecular weight is 317 g/mol. The van der Waals surface area contributed by atoms with Crippen molar-refractivity contribution in [3.05, 3.63) is 46.9 Å². The average Bonchev–Trinajstić information content (AvgIpc) is 2.89. The Morgan fingerprint density at radius 1 is 1.04 bits per heavy atom. The highest BCUT2D eigenvalue weighted by atomic mass is 19.1. The van der Waals surface area contributed by atoms with Crippen molar-refractivity contribution >= 4 is 17.3 Å². The van der Waals surface area contributed by atoms with Crippen LogP contribution in [0.4, 0.5) is 20.3 Å². The molecule has 2 heterocycles. The largest absolute Gasteiger partial charge is 0.340 e. The number of hydrogen-bond acceptors (Lipinski definition) is 4. The summed E-state index contributed by atoms with van der Waals surface area (Å²) in [7, 11) is 0. The van der Waals surface area contributed by atoms with Gasteiger partial charge < -0.3 is 5.32 Å². The number of halogens is 2. The Morgan fingerprint density at radius 2 is 1.70 bits per heavy atom. The van der Waals surface area contributed by atoms with Gasteiger partial charge in [-0.2, -0.15) is 9.50 Å². The summed E-state index contributed by atoms with van der Waals surface area (Å²) in [5.41, 5.74) is 1.03. The van der Waals surface area contributed by atoms with Crippen LogP contribution in [0, 0.1) is 25.5 Å². The Hall–Kier alpha value is -2.57. The molecule has 0 aliphatic heterocycles. The van der Waals surface area contributed by atoms with Gasteiger partial charge in [-0.25, -0.2) is 13.8 Å². The first-order valence-corrected chi connectivity index (χ1v) is 7.32. The van der Waals surface area contributed by atoms with Crippen molar-refractivity contribution in [1.29, 1.82) is 0 Å². The maximum Gasteiger partial charge on any atom is 0.254 e. The molecule has 0 aliphatic carbocycles. The highest BCUT2D eigenvalue weighted by molar-refractivity contribution is 5.59. The van der Waals surface area contributed by atoms with E-state index in [1.165, 1.54) is 23.6 Å². The lowest BCUT2D eigenvalue weighted by Gasteiger charge is -2.10. The van der Waals surface area contributed by atoms with E-state index in [1.54, 1.807) is 6.07 Å². The Bertz CT molecular complexity index is 863. The molecule has 23 heavy (non-hydrogen) atoms. The minimum Gasteiger partial charge on any atom is -0.340 e. The highest BCUT2D eigenvalue weighted by Crippen LogP contribution is 2.23. The predicted molar refractivity (Wildman–Crippen MR) is 84.0 cm³/mol. The summed E-state index contributed by atoms with van der Waals surface area (Å²) >= 11 is 0. The molecular formula is C16H17F2N5. The third kappa shape index (κ3) is 2.86. The van der Waals surface area contributed by atoms with Gasteiger partial charge in [-0.15, -0.1) is 5.10 Å². The number of nitrogens with one attached hydrogen (secondary N) is 1. The zero-order chi connectivity index (χ0) is 16.7. The molecule has 0 atom stereocenters. The van der Waals surface area contributed by atoms with Gasteiger partial charge >= 0.3 is 0 Å². The third-order valence-electron chi connectivity index (χ3n) is 3.53. The van der Waals surface area contributed by atoms with E-state index in [0.29, 0.717) is 23.1 Å². The molecule has 1 aromatic carbocycles. The minimum atomic E-state index is -0.601. The van der Waals surface area contributed by atoms with E-state index in [9.17, 15) is 8.78 Å². The molecule has 0 spiro atoms. The van der Waals surface area contributed by atoms with Gasteiger partial charge in [0.15, 0.2) is 5.82 Å². The number of nitrogens with zero attached hydrogens (tertiary/aromatic N) is 4. The summed E-state index contributed by atoms with van der Waals surface area (Å²) in [6.07, 6.45) is 0. The quantitative estimate of drug-likeness (QED) is 0.796. The zero-order valence-corrected chi connectivity index (χ0v) is 13.4. The molecule has 0 amide bonds. The molecule has 0 saturated heterocycles. The zero-order valence-electron chi connectivity index (χ0n) is 13.4. The number of anilines is 2. The van der Waals surface area contributed by atoms with Crippen molar-refractivity contribution < 1.29 is 8.78 Å². The number of rotatable bonds is 3. The van der Waals surface area contributed by atoms with Gasteiger partial charge in [0.1, 0.15) is 17.5 Å². The number of hydrogen-bond donors (Lipinski definition) is 1. The van der Waals surface area contributed by atoms with Crippen molar-refractivity contribution in [3.63, 3.8) is 0 Å². The standard InChI is InChI=1S/C16H17F2N5/c1-8(2)15-21-16-19-9(3)5-14(23(16)22-15)20-11-6-12(17)10(4)13(18)7-11/h5-8,20H,1-4H3. The van der Waals surface area contributed by atoms with Gasteiger partial charge in [0.05, 0.1) is 0 Å². The van der Waals surface area contributed by atoms with E-state index < -0.39 is 11.6 Å². The van der Waals surface area contributed by atoms with Crippen LogP contribution in [0.5, 0.6) is 0 Å². The Balaban J connectivity index is 2.09. The Kier molecular flexibility index (Phi) is 3.71. The fourth-order valence-corrected chi connectivity index (χ4v) is 2.20. The lowest BCUT2D eigenvalue weighted by Crippen LogP contribution is -2.04. The molecule has 0 bridgehead atoms. The molecule has 0 fully saturated rings. The number of benzene rings is 1. The van der Waals surface area contributed by atoms with Gasteiger partial charge in [0.2, 0.25) is 0 Å². The second-order valence-electron chi connectivity index (χ2n) is 5.81. The van der Waals surface area contributed by atoms with E-state index in [2.05, 4.69) is 20.4 Å². The summed E-state index contributed by atoms with van der Waals surface area (Å²) in [6, 6.07) is 4.25. The lowest BCUT2D eigenvalue weighted by atomic mass is 10.2. The van der Waals surface area contributed by atoms with Crippen LogP contribution in [-0.4, -0.2) is 19.6 Å². The molecule has 0 aliphatic rings. The third-order valence-corrected chi connectivity index (χ3v) is 3.53. The molecule has 0 unspecified atom stereocenters. The molecule has 3 rings (SSSR count). The first-order chi connectivity index (χ1) is 10.8. The van der Waals surface area contributed by atoms with Crippen LogP contribution < -0.4 is 5.32 Å². The fraction of sp³-hybridized carbons (Fsp3) is 0.312. The summed E-state index contributed by atoms with van der Waals surface area (Å²) < 4.78 is 29.0. The maximum atomic E-state index is 13.7. The normalized spacial score (nSPS) is 11.4. The molecule has 3 aromatic rings. The van der Waals surface area contributed by atoms with Crippen LogP contribution in [0.15, 0.2) is 18.2 Å². The first kappa shape index (κ1) is 15.3. The second-order valence-corrected chi connectivity index (χ2v) is 5.81. The number of fused-ring (bicyclic) bond motifs is 1. The smallest absolute Gasteiger partial charge is 0.254 e. The van der Waals surface area contributed by atoms with E-state index in [4.69, 9.17) is 0 Å². The SMILES string of the molecule is Cc1cc(Nc2cc(F)c(C)c(F)c2)n2nc(C(C)C)nc2n1. The molecule has 120 valence electrons. The molecule has 0 radical (unpaired) electrons. The topological polar surface area (TPSA) is 55.1 Å².